The van der Waals surface area contributed by atoms with E-state index in [9.17, 15) is 14.7 Å². The molecule has 3 aromatic rings. The van der Waals surface area contributed by atoms with Gasteiger partial charge in [0.15, 0.2) is 0 Å². The van der Waals surface area contributed by atoms with Gasteiger partial charge < -0.3 is 10.8 Å². The Morgan fingerprint density at radius 1 is 0.759 bits per heavy atom. The number of para-hydroxylation sites is 1. The molecular weight excluding hydrogens is 364 g/mol. The smallest absolute Gasteiger partial charge is 0.327 e. The molecule has 2 atom stereocenters. The molecular formula is C24H24N2O3. The van der Waals surface area contributed by atoms with Gasteiger partial charge in [0.05, 0.1) is 6.04 Å². The van der Waals surface area contributed by atoms with Crippen LogP contribution < -0.4 is 10.6 Å². The summed E-state index contributed by atoms with van der Waals surface area (Å²) < 4.78 is 0. The molecule has 5 heteroatoms. The third-order valence-corrected chi connectivity index (χ3v) is 4.76. The van der Waals surface area contributed by atoms with Crippen molar-refractivity contribution in [1.29, 1.82) is 0 Å². The van der Waals surface area contributed by atoms with E-state index in [1.165, 1.54) is 4.90 Å². The summed E-state index contributed by atoms with van der Waals surface area (Å²) in [5, 5.41) is 9.95. The standard InChI is InChI=1S/C24H24N2O3/c25-21(16-18-10-4-1-5-11-18)23(27)26(20-14-8-3-9-15-20)22(24(28)29)17-19-12-6-2-7-13-19/h1-15,21-22H,16-17,25H2,(H,28,29)/t21-,22-/m0/s1. The highest BCUT2D eigenvalue weighted by Gasteiger charge is 2.33. The summed E-state index contributed by atoms with van der Waals surface area (Å²) in [4.78, 5) is 26.8. The van der Waals surface area contributed by atoms with E-state index < -0.39 is 24.0 Å². The van der Waals surface area contributed by atoms with Crippen molar-refractivity contribution in [2.75, 3.05) is 4.90 Å². The molecule has 1 amide bonds. The van der Waals surface area contributed by atoms with Crippen LogP contribution in [0.2, 0.25) is 0 Å². The fraction of sp³-hybridized carbons (Fsp3) is 0.167. The molecule has 0 aliphatic carbocycles. The number of nitrogens with zero attached hydrogens (tertiary/aromatic N) is 1. The van der Waals surface area contributed by atoms with E-state index in [1.807, 2.05) is 66.7 Å². The molecule has 0 unspecified atom stereocenters. The van der Waals surface area contributed by atoms with Crippen molar-refractivity contribution < 1.29 is 14.7 Å². The minimum Gasteiger partial charge on any atom is -0.480 e. The second-order valence-corrected chi connectivity index (χ2v) is 6.88. The van der Waals surface area contributed by atoms with Gasteiger partial charge in [0.1, 0.15) is 6.04 Å². The van der Waals surface area contributed by atoms with Gasteiger partial charge in [-0.3, -0.25) is 9.69 Å². The summed E-state index contributed by atoms with van der Waals surface area (Å²) in [6.07, 6.45) is 0.523. The van der Waals surface area contributed by atoms with Crippen LogP contribution in [0.4, 0.5) is 5.69 Å². The molecule has 3 N–H and O–H groups in total. The van der Waals surface area contributed by atoms with E-state index in [1.54, 1.807) is 24.3 Å². The van der Waals surface area contributed by atoms with Crippen molar-refractivity contribution in [3.8, 4) is 0 Å². The lowest BCUT2D eigenvalue weighted by Crippen LogP contribution is -2.53. The number of rotatable bonds is 8. The molecule has 0 spiro atoms. The largest absolute Gasteiger partial charge is 0.480 e. The SMILES string of the molecule is N[C@@H](Cc1ccccc1)C(=O)N(c1ccccc1)[C@@H](Cc1ccccc1)C(=O)O. The molecule has 3 rings (SSSR count). The van der Waals surface area contributed by atoms with Gasteiger partial charge >= 0.3 is 5.97 Å². The van der Waals surface area contributed by atoms with Crippen LogP contribution in [0, 0.1) is 0 Å². The molecule has 0 aliphatic heterocycles. The zero-order valence-corrected chi connectivity index (χ0v) is 16.0. The molecule has 0 heterocycles. The van der Waals surface area contributed by atoms with Gasteiger partial charge in [-0.05, 0) is 29.7 Å². The topological polar surface area (TPSA) is 83.6 Å². The fourth-order valence-corrected chi connectivity index (χ4v) is 3.31. The van der Waals surface area contributed by atoms with Gasteiger partial charge in [-0.25, -0.2) is 4.79 Å². The maximum absolute atomic E-state index is 13.3. The summed E-state index contributed by atoms with van der Waals surface area (Å²) in [6, 6.07) is 25.7. The highest BCUT2D eigenvalue weighted by Crippen LogP contribution is 2.21. The van der Waals surface area contributed by atoms with E-state index in [4.69, 9.17) is 5.73 Å². The van der Waals surface area contributed by atoms with Crippen molar-refractivity contribution in [3.63, 3.8) is 0 Å². The molecule has 0 aliphatic rings. The predicted octanol–water partition coefficient (Wildman–Crippen LogP) is 3.29. The lowest BCUT2D eigenvalue weighted by molar-refractivity contribution is -0.140. The Labute approximate surface area is 170 Å². The van der Waals surface area contributed by atoms with Gasteiger partial charge in [-0.2, -0.15) is 0 Å². The van der Waals surface area contributed by atoms with Crippen LogP contribution in [0.5, 0.6) is 0 Å². The Kier molecular flexibility index (Phi) is 6.76. The van der Waals surface area contributed by atoms with Crippen LogP contribution in [0.15, 0.2) is 91.0 Å². The zero-order chi connectivity index (χ0) is 20.6. The van der Waals surface area contributed by atoms with Crippen molar-refractivity contribution >= 4 is 17.6 Å². The first kappa shape index (κ1) is 20.3. The molecule has 0 fully saturated rings. The number of carboxylic acids is 1. The van der Waals surface area contributed by atoms with Crippen LogP contribution >= 0.6 is 0 Å². The minimum atomic E-state index is -1.07. The molecule has 0 bridgehead atoms. The number of carbonyl (C=O) groups excluding carboxylic acids is 1. The Bertz CT molecular complexity index is 930. The van der Waals surface area contributed by atoms with Crippen LogP contribution in [-0.2, 0) is 22.4 Å². The molecule has 0 aromatic heterocycles. The number of hydrogen-bond acceptors (Lipinski definition) is 3. The molecule has 5 nitrogen and oxygen atoms in total. The molecule has 148 valence electrons. The van der Waals surface area contributed by atoms with E-state index >= 15 is 0 Å². The average Bonchev–Trinajstić information content (AvgIpc) is 2.75. The Morgan fingerprint density at radius 3 is 1.69 bits per heavy atom. The van der Waals surface area contributed by atoms with Gasteiger partial charge in [-0.15, -0.1) is 0 Å². The first-order valence-electron chi connectivity index (χ1n) is 9.50. The summed E-state index contributed by atoms with van der Waals surface area (Å²) >= 11 is 0. The van der Waals surface area contributed by atoms with Gasteiger partial charge in [0.25, 0.3) is 0 Å². The third-order valence-electron chi connectivity index (χ3n) is 4.76. The normalized spacial score (nSPS) is 12.7. The number of nitrogens with two attached hydrogens (primary N) is 1. The minimum absolute atomic E-state index is 0.189. The lowest BCUT2D eigenvalue weighted by atomic mass is 10.0. The van der Waals surface area contributed by atoms with E-state index in [2.05, 4.69) is 0 Å². The predicted molar refractivity (Wildman–Crippen MR) is 114 cm³/mol. The van der Waals surface area contributed by atoms with Crippen LogP contribution in [0.3, 0.4) is 0 Å². The number of anilines is 1. The Morgan fingerprint density at radius 2 is 1.21 bits per heavy atom. The van der Waals surface area contributed by atoms with Crippen LogP contribution in [0.25, 0.3) is 0 Å². The monoisotopic (exact) mass is 388 g/mol. The highest BCUT2D eigenvalue weighted by atomic mass is 16.4. The molecule has 0 radical (unpaired) electrons. The number of benzene rings is 3. The van der Waals surface area contributed by atoms with Crippen molar-refractivity contribution in [2.24, 2.45) is 5.73 Å². The second kappa shape index (κ2) is 9.66. The Balaban J connectivity index is 1.92. The van der Waals surface area contributed by atoms with Crippen LogP contribution in [0.1, 0.15) is 11.1 Å². The summed E-state index contributed by atoms with van der Waals surface area (Å²) in [6.45, 7) is 0. The van der Waals surface area contributed by atoms with Crippen molar-refractivity contribution in [3.05, 3.63) is 102 Å². The van der Waals surface area contributed by atoms with Crippen molar-refractivity contribution in [1.82, 2.24) is 0 Å². The first-order valence-corrected chi connectivity index (χ1v) is 9.50. The van der Waals surface area contributed by atoms with Gasteiger partial charge in [0.2, 0.25) is 5.91 Å². The quantitative estimate of drug-likeness (QED) is 0.620. The maximum Gasteiger partial charge on any atom is 0.327 e. The summed E-state index contributed by atoms with van der Waals surface area (Å²) in [5.74, 6) is -1.48. The molecule has 0 saturated heterocycles. The van der Waals surface area contributed by atoms with Crippen molar-refractivity contribution in [2.45, 2.75) is 24.9 Å². The number of amides is 1. The third kappa shape index (κ3) is 5.30. The first-order chi connectivity index (χ1) is 14.1. The number of aliphatic carboxylic acids is 1. The number of carbonyl (C=O) groups is 2. The number of hydrogen-bond donors (Lipinski definition) is 2. The van der Waals surface area contributed by atoms with Crippen LogP contribution in [-0.4, -0.2) is 29.1 Å². The van der Waals surface area contributed by atoms with Gasteiger partial charge in [-0.1, -0.05) is 78.9 Å². The molecule has 3 aromatic carbocycles. The fourth-order valence-electron chi connectivity index (χ4n) is 3.31. The highest BCUT2D eigenvalue weighted by molar-refractivity contribution is 6.02. The molecule has 29 heavy (non-hydrogen) atoms. The summed E-state index contributed by atoms with van der Waals surface area (Å²) in [7, 11) is 0. The summed E-state index contributed by atoms with van der Waals surface area (Å²) in [5.41, 5.74) is 8.52. The second-order valence-electron chi connectivity index (χ2n) is 6.88. The lowest BCUT2D eigenvalue weighted by Gasteiger charge is -2.31. The van der Waals surface area contributed by atoms with Gasteiger partial charge in [0, 0.05) is 12.1 Å². The molecule has 0 saturated carbocycles. The Hall–Kier alpha value is -3.44. The van der Waals surface area contributed by atoms with E-state index in [-0.39, 0.29) is 6.42 Å². The van der Waals surface area contributed by atoms with E-state index in [0.29, 0.717) is 12.1 Å². The van der Waals surface area contributed by atoms with E-state index in [0.717, 1.165) is 11.1 Å². The average molecular weight is 388 g/mol. The zero-order valence-electron chi connectivity index (χ0n) is 16.0. The maximum atomic E-state index is 13.3. The number of carboxylic acid groups (broad SMARTS) is 1.